The van der Waals surface area contributed by atoms with Crippen LogP contribution < -0.4 is 0 Å². The van der Waals surface area contributed by atoms with Gasteiger partial charge in [0.1, 0.15) is 0 Å². The van der Waals surface area contributed by atoms with Crippen molar-refractivity contribution in [3.8, 4) is 0 Å². The van der Waals surface area contributed by atoms with Gasteiger partial charge >= 0.3 is 0 Å². The summed E-state index contributed by atoms with van der Waals surface area (Å²) >= 11 is 0. The SMILES string of the molecule is C=C1CC[C@H](O)C/C1=C/C=C1\CCC[C@@]2(C)C1CCC2[C@H](C)CCCC(C)C. The van der Waals surface area contributed by atoms with Crippen molar-refractivity contribution in [2.75, 3.05) is 0 Å². The molecule has 1 N–H and O–H groups in total. The molecule has 3 saturated carbocycles. The summed E-state index contributed by atoms with van der Waals surface area (Å²) in [6.07, 6.45) is 18.2. The Morgan fingerprint density at radius 1 is 1.11 bits per heavy atom. The molecule has 0 heterocycles. The third-order valence-corrected chi connectivity index (χ3v) is 8.35. The molecule has 0 aromatic rings. The maximum absolute atomic E-state index is 10.0. The fourth-order valence-corrected chi connectivity index (χ4v) is 6.66. The molecule has 0 aromatic heterocycles. The average Bonchev–Trinajstić information content (AvgIpc) is 2.99. The van der Waals surface area contributed by atoms with Crippen molar-refractivity contribution in [1.29, 1.82) is 0 Å². The van der Waals surface area contributed by atoms with Gasteiger partial charge in [-0.15, -0.1) is 0 Å². The summed E-state index contributed by atoms with van der Waals surface area (Å²) in [5.74, 6) is 3.37. The minimum atomic E-state index is -0.172. The molecule has 0 amide bonds. The molecule has 3 rings (SSSR count). The highest BCUT2D eigenvalue weighted by atomic mass is 16.3. The van der Waals surface area contributed by atoms with E-state index in [2.05, 4.69) is 46.4 Å². The smallest absolute Gasteiger partial charge is 0.0583 e. The van der Waals surface area contributed by atoms with E-state index in [1.54, 1.807) is 5.57 Å². The lowest BCUT2D eigenvalue weighted by atomic mass is 9.60. The highest BCUT2D eigenvalue weighted by molar-refractivity contribution is 5.36. The fraction of sp³-hybridized carbons (Fsp3) is 0.778. The monoisotopic (exact) mass is 384 g/mol. The molecule has 3 fully saturated rings. The summed E-state index contributed by atoms with van der Waals surface area (Å²) in [6, 6.07) is 0. The second kappa shape index (κ2) is 9.33. The Hall–Kier alpha value is -0.820. The third-order valence-electron chi connectivity index (χ3n) is 8.35. The van der Waals surface area contributed by atoms with Gasteiger partial charge in [-0.3, -0.25) is 0 Å². The van der Waals surface area contributed by atoms with E-state index in [9.17, 15) is 5.11 Å². The van der Waals surface area contributed by atoms with Gasteiger partial charge in [0.05, 0.1) is 6.10 Å². The summed E-state index contributed by atoms with van der Waals surface area (Å²) in [6.45, 7) is 14.1. The van der Waals surface area contributed by atoms with E-state index in [-0.39, 0.29) is 6.10 Å². The van der Waals surface area contributed by atoms with Crippen LogP contribution in [0, 0.1) is 29.1 Å². The minimum Gasteiger partial charge on any atom is -0.393 e. The third kappa shape index (κ3) is 4.84. The van der Waals surface area contributed by atoms with Crippen LogP contribution in [0.5, 0.6) is 0 Å². The molecular formula is C27H44O. The molecule has 0 bridgehead atoms. The number of hydrogen-bond donors (Lipinski definition) is 1. The Balaban J connectivity index is 1.70. The van der Waals surface area contributed by atoms with Crippen molar-refractivity contribution in [2.45, 2.75) is 104 Å². The molecule has 2 unspecified atom stereocenters. The van der Waals surface area contributed by atoms with E-state index in [1.165, 1.54) is 62.5 Å². The van der Waals surface area contributed by atoms with Crippen LogP contribution in [0.4, 0.5) is 0 Å². The van der Waals surface area contributed by atoms with Crippen LogP contribution in [0.25, 0.3) is 0 Å². The van der Waals surface area contributed by atoms with Crippen molar-refractivity contribution in [3.63, 3.8) is 0 Å². The Kier molecular flexibility index (Phi) is 7.29. The van der Waals surface area contributed by atoms with Crippen LogP contribution in [0.1, 0.15) is 98.3 Å². The van der Waals surface area contributed by atoms with Crippen molar-refractivity contribution < 1.29 is 5.11 Å². The molecule has 0 aromatic carbocycles. The molecule has 158 valence electrons. The minimum absolute atomic E-state index is 0.172. The van der Waals surface area contributed by atoms with Gasteiger partial charge in [-0.25, -0.2) is 0 Å². The van der Waals surface area contributed by atoms with Crippen LogP contribution in [0.3, 0.4) is 0 Å². The van der Waals surface area contributed by atoms with E-state index in [0.29, 0.717) is 5.41 Å². The number of hydrogen-bond acceptors (Lipinski definition) is 1. The summed E-state index contributed by atoms with van der Waals surface area (Å²) in [7, 11) is 0. The fourth-order valence-electron chi connectivity index (χ4n) is 6.66. The van der Waals surface area contributed by atoms with Crippen LogP contribution in [-0.4, -0.2) is 11.2 Å². The largest absolute Gasteiger partial charge is 0.393 e. The second-order valence-electron chi connectivity index (χ2n) is 10.8. The molecule has 28 heavy (non-hydrogen) atoms. The number of aliphatic hydroxyl groups is 1. The first-order chi connectivity index (χ1) is 13.3. The summed E-state index contributed by atoms with van der Waals surface area (Å²) in [5.41, 5.74) is 4.72. The quantitative estimate of drug-likeness (QED) is 0.499. The van der Waals surface area contributed by atoms with Crippen molar-refractivity contribution in [2.24, 2.45) is 29.1 Å². The van der Waals surface area contributed by atoms with Gasteiger partial charge in [-0.05, 0) is 86.0 Å². The van der Waals surface area contributed by atoms with Crippen LogP contribution in [-0.2, 0) is 0 Å². The van der Waals surface area contributed by atoms with Gasteiger partial charge in [0.2, 0.25) is 0 Å². The Bertz CT molecular complexity index is 610. The summed E-state index contributed by atoms with van der Waals surface area (Å²) in [5, 5.41) is 10.0. The summed E-state index contributed by atoms with van der Waals surface area (Å²) in [4.78, 5) is 0. The molecule has 3 aliphatic rings. The molecule has 0 saturated heterocycles. The first-order valence-electron chi connectivity index (χ1n) is 12.1. The van der Waals surface area contributed by atoms with Gasteiger partial charge in [0, 0.05) is 0 Å². The van der Waals surface area contributed by atoms with E-state index < -0.39 is 0 Å². The number of aliphatic hydroxyl groups excluding tert-OH is 1. The van der Waals surface area contributed by atoms with Gasteiger partial charge in [-0.1, -0.05) is 76.8 Å². The standard InChI is InChI=1S/C27H44O/c1-19(2)8-6-9-21(4)25-15-16-26-22(10-7-17-27(25,26)5)12-13-23-18-24(28)14-11-20(23)3/h12-13,19,21,24-26,28H,3,6-11,14-18H2,1-2,4-5H3/b22-12+,23-13-/t21-,24+,25?,26?,27-/m1/s1. The highest BCUT2D eigenvalue weighted by Gasteiger charge is 2.50. The molecule has 1 nitrogen and oxygen atoms in total. The van der Waals surface area contributed by atoms with Gasteiger partial charge in [0.15, 0.2) is 0 Å². The maximum Gasteiger partial charge on any atom is 0.0583 e. The lowest BCUT2D eigenvalue weighted by Gasteiger charge is -2.44. The van der Waals surface area contributed by atoms with E-state index >= 15 is 0 Å². The molecule has 3 aliphatic carbocycles. The Labute approximate surface area is 174 Å². The van der Waals surface area contributed by atoms with Gasteiger partial charge in [-0.2, -0.15) is 0 Å². The second-order valence-corrected chi connectivity index (χ2v) is 10.8. The van der Waals surface area contributed by atoms with Crippen molar-refractivity contribution >= 4 is 0 Å². The number of fused-ring (bicyclic) bond motifs is 1. The van der Waals surface area contributed by atoms with Crippen LogP contribution in [0.15, 0.2) is 35.5 Å². The first kappa shape index (κ1) is 21.9. The van der Waals surface area contributed by atoms with Crippen molar-refractivity contribution in [3.05, 3.63) is 35.5 Å². The average molecular weight is 385 g/mol. The highest BCUT2D eigenvalue weighted by Crippen LogP contribution is 2.59. The normalized spacial score (nSPS) is 37.6. The van der Waals surface area contributed by atoms with E-state index in [1.807, 2.05) is 0 Å². The number of allylic oxidation sites excluding steroid dienone is 4. The van der Waals surface area contributed by atoms with Crippen LogP contribution in [0.2, 0.25) is 0 Å². The molecule has 0 spiro atoms. The van der Waals surface area contributed by atoms with Gasteiger partial charge < -0.3 is 5.11 Å². The number of rotatable bonds is 6. The zero-order valence-corrected chi connectivity index (χ0v) is 19.0. The predicted octanol–water partition coefficient (Wildman–Crippen LogP) is 7.62. The van der Waals surface area contributed by atoms with E-state index in [0.717, 1.165) is 42.9 Å². The lowest BCUT2D eigenvalue weighted by molar-refractivity contribution is 0.0929. The molecule has 0 radical (unpaired) electrons. The summed E-state index contributed by atoms with van der Waals surface area (Å²) < 4.78 is 0. The Morgan fingerprint density at radius 2 is 1.89 bits per heavy atom. The van der Waals surface area contributed by atoms with Gasteiger partial charge in [0.25, 0.3) is 0 Å². The maximum atomic E-state index is 10.0. The molecular weight excluding hydrogens is 340 g/mol. The van der Waals surface area contributed by atoms with Crippen LogP contribution >= 0.6 is 0 Å². The lowest BCUT2D eigenvalue weighted by Crippen LogP contribution is -2.36. The Morgan fingerprint density at radius 3 is 2.64 bits per heavy atom. The van der Waals surface area contributed by atoms with Crippen molar-refractivity contribution in [1.82, 2.24) is 0 Å². The van der Waals surface area contributed by atoms with E-state index in [4.69, 9.17) is 0 Å². The molecule has 5 atom stereocenters. The topological polar surface area (TPSA) is 20.2 Å². The zero-order chi connectivity index (χ0) is 20.3. The predicted molar refractivity (Wildman–Crippen MR) is 121 cm³/mol. The molecule has 1 heteroatoms. The first-order valence-corrected chi connectivity index (χ1v) is 12.1. The molecule has 0 aliphatic heterocycles. The zero-order valence-electron chi connectivity index (χ0n) is 19.0.